The number of anilines is 1. The second-order valence-electron chi connectivity index (χ2n) is 38.2. The monoisotopic (exact) mass is 1640 g/mol. The van der Waals surface area contributed by atoms with Gasteiger partial charge in [0, 0.05) is 65.9 Å². The lowest BCUT2D eigenvalue weighted by atomic mass is 9.49. The van der Waals surface area contributed by atoms with E-state index in [0.717, 1.165) is 89.8 Å². The number of aliphatic hydroxyl groups is 1. The summed E-state index contributed by atoms with van der Waals surface area (Å²) in [5.74, 6) is 2.13. The molecule has 0 unspecified atom stereocenters. The molecule has 9 aliphatic rings. The molecule has 29 nitrogen and oxygen atoms in total. The highest BCUT2D eigenvalue weighted by Gasteiger charge is 2.56. The number of hydrogen-bond donors (Lipinski definition) is 6. The summed E-state index contributed by atoms with van der Waals surface area (Å²) in [6, 6.07) is 28.1. The van der Waals surface area contributed by atoms with Crippen LogP contribution in [0.25, 0.3) is 32.6 Å². The molecule has 29 heteroatoms. The number of nitrogens with one attached hydrogen (secondary N) is 4. The highest BCUT2D eigenvalue weighted by atomic mass is 16.6. The van der Waals surface area contributed by atoms with E-state index >= 15 is 0 Å². The fourth-order valence-corrected chi connectivity index (χ4v) is 18.3. The van der Waals surface area contributed by atoms with Crippen LogP contribution in [0.1, 0.15) is 241 Å². The van der Waals surface area contributed by atoms with Gasteiger partial charge in [0.15, 0.2) is 0 Å². The number of nitrogens with zero attached hydrogens (tertiary/aromatic N) is 10. The maximum atomic E-state index is 13.6. The summed E-state index contributed by atoms with van der Waals surface area (Å²) in [6.07, 6.45) is 29.1. The van der Waals surface area contributed by atoms with Crippen LogP contribution >= 0.6 is 0 Å². The summed E-state index contributed by atoms with van der Waals surface area (Å²) in [4.78, 5) is 105. The zero-order valence-corrected chi connectivity index (χ0v) is 70.5. The molecular weight excluding hydrogens is 1530 g/mol. The number of pyridine rings is 3. The molecule has 6 N–H and O–H groups in total. The number of benzene rings is 2. The normalized spacial score (nSPS) is 21.8. The lowest BCUT2D eigenvalue weighted by molar-refractivity contribution is -0.158. The fourth-order valence-electron chi connectivity index (χ4n) is 18.3. The van der Waals surface area contributed by atoms with Crippen LogP contribution in [-0.2, 0) is 23.8 Å². The van der Waals surface area contributed by atoms with Gasteiger partial charge in [0.1, 0.15) is 54.6 Å². The lowest BCUT2D eigenvalue weighted by Crippen LogP contribution is -2.55. The van der Waals surface area contributed by atoms with E-state index in [4.69, 9.17) is 39.0 Å². The Balaban J connectivity index is 0.000000150. The number of aliphatic carboxylic acids is 1. The Morgan fingerprint density at radius 2 is 0.908 bits per heavy atom. The van der Waals surface area contributed by atoms with Gasteiger partial charge in [-0.25, -0.2) is 28.0 Å². The van der Waals surface area contributed by atoms with Crippen LogP contribution in [0.3, 0.4) is 0 Å². The van der Waals surface area contributed by atoms with Crippen LogP contribution in [0, 0.1) is 34.5 Å². The van der Waals surface area contributed by atoms with Crippen LogP contribution in [0.4, 0.5) is 15.3 Å². The topological polar surface area (TPSA) is 358 Å². The number of carboxylic acids is 1. The van der Waals surface area contributed by atoms with Crippen LogP contribution in [0.2, 0.25) is 0 Å². The molecule has 9 fully saturated rings. The van der Waals surface area contributed by atoms with E-state index in [-0.39, 0.29) is 77.7 Å². The van der Waals surface area contributed by atoms with Gasteiger partial charge in [0.25, 0.3) is 22.9 Å². The first-order valence-electron chi connectivity index (χ1n) is 42.7. The number of alkyl carbamates (subject to hydrolysis) is 2. The molecule has 8 saturated carbocycles. The summed E-state index contributed by atoms with van der Waals surface area (Å²) >= 11 is 0. The Morgan fingerprint density at radius 1 is 0.508 bits per heavy atom. The van der Waals surface area contributed by atoms with Gasteiger partial charge < -0.3 is 60.1 Å². The molecule has 1 aliphatic heterocycles. The van der Waals surface area contributed by atoms with Crippen LogP contribution < -0.4 is 46.8 Å². The molecule has 0 radical (unpaired) electrons. The van der Waals surface area contributed by atoms with E-state index in [2.05, 4.69) is 65.6 Å². The van der Waals surface area contributed by atoms with Crippen molar-refractivity contribution in [3.63, 3.8) is 0 Å². The molecule has 2 spiro atoms. The fraction of sp³-hybridized carbons (Fsp3) is 0.549. The van der Waals surface area contributed by atoms with Crippen LogP contribution in [0.5, 0.6) is 11.5 Å². The third-order valence-electron chi connectivity index (χ3n) is 24.3. The number of carboxylic acid groups (broad SMARTS) is 1. The van der Waals surface area contributed by atoms with Crippen molar-refractivity contribution in [2.45, 2.75) is 243 Å². The van der Waals surface area contributed by atoms with Gasteiger partial charge >= 0.3 is 24.1 Å². The SMILES string of the molecule is CC(C)(C)OC(=O)NCC(=O)O.CC(C)(C)OC(=O)NCC(=O)OC(C)(C)COc1ccc2c(C(=O)NC3CC4(C3)CC(c3nn(C(C5CC5)C5CC5)c(=O)c5ccccc35)C4)cnn2c1.CC(C)(O)COc1ccc2c(C(=O)NC3CC4(C3)CC(c3nn(C(C5CC5)C5CC5)c(=O)c5ccccc35)C4)cnn2c1.c1cc(N2CCCC2)ccn1. The summed E-state index contributed by atoms with van der Waals surface area (Å²) in [7, 11) is 0. The molecule has 120 heavy (non-hydrogen) atoms. The predicted molar refractivity (Wildman–Crippen MR) is 450 cm³/mol. The number of rotatable bonds is 24. The highest BCUT2D eigenvalue weighted by molar-refractivity contribution is 6.01. The zero-order valence-electron chi connectivity index (χ0n) is 70.5. The minimum atomic E-state index is -1.10. The molecule has 4 amide bonds. The first-order valence-corrected chi connectivity index (χ1v) is 42.7. The predicted octanol–water partition coefficient (Wildman–Crippen LogP) is 13.4. The number of ether oxygens (including phenoxy) is 5. The second kappa shape index (κ2) is 33.9. The molecule has 1 saturated heterocycles. The van der Waals surface area contributed by atoms with Crippen molar-refractivity contribution in [3.05, 3.63) is 165 Å². The first-order chi connectivity index (χ1) is 57.1. The number of esters is 1. The minimum Gasteiger partial charge on any atom is -0.489 e. The summed E-state index contributed by atoms with van der Waals surface area (Å²) in [5, 5.41) is 51.7. The third kappa shape index (κ3) is 20.4. The van der Waals surface area contributed by atoms with Gasteiger partial charge in [0.2, 0.25) is 0 Å². The van der Waals surface area contributed by atoms with Crippen molar-refractivity contribution in [1.29, 1.82) is 0 Å². The van der Waals surface area contributed by atoms with E-state index in [9.17, 15) is 43.5 Å². The van der Waals surface area contributed by atoms with E-state index in [1.165, 1.54) is 83.0 Å². The van der Waals surface area contributed by atoms with Crippen molar-refractivity contribution < 1.29 is 62.7 Å². The molecule has 0 atom stereocenters. The second-order valence-corrected chi connectivity index (χ2v) is 38.2. The summed E-state index contributed by atoms with van der Waals surface area (Å²) < 4.78 is 34.0. The van der Waals surface area contributed by atoms with E-state index in [1.807, 2.05) is 64.2 Å². The van der Waals surface area contributed by atoms with Crippen molar-refractivity contribution in [1.82, 2.24) is 65.0 Å². The van der Waals surface area contributed by atoms with Gasteiger partial charge in [-0.15, -0.1) is 0 Å². The van der Waals surface area contributed by atoms with Crippen molar-refractivity contribution >= 4 is 74.2 Å². The van der Waals surface area contributed by atoms with Gasteiger partial charge in [0.05, 0.1) is 86.8 Å². The Kier molecular flexibility index (Phi) is 23.8. The number of aromatic nitrogens is 9. The average molecular weight is 1640 g/mol. The average Bonchev–Trinajstić information content (AvgIpc) is 1.11. The Labute approximate surface area is 697 Å². The Bertz CT molecular complexity index is 5370. The molecule has 9 aromatic rings. The number of carbonyl (C=O) groups is 6. The lowest BCUT2D eigenvalue weighted by Gasteiger charge is -2.57. The largest absolute Gasteiger partial charge is 0.489 e. The number of fused-ring (bicyclic) bond motifs is 4. The minimum absolute atomic E-state index is 0.0489. The first kappa shape index (κ1) is 84.1. The molecule has 638 valence electrons. The molecule has 8 aliphatic carbocycles. The van der Waals surface area contributed by atoms with Crippen LogP contribution in [0.15, 0.2) is 132 Å². The van der Waals surface area contributed by atoms with E-state index in [1.54, 1.807) is 121 Å². The van der Waals surface area contributed by atoms with Crippen LogP contribution in [-0.4, -0.2) is 164 Å². The van der Waals surface area contributed by atoms with Crippen molar-refractivity contribution in [3.8, 4) is 11.5 Å². The Hall–Kier alpha value is -11.0. The number of carbonyl (C=O) groups excluding carboxylic acids is 5. The maximum absolute atomic E-state index is 13.6. The quantitative estimate of drug-likeness (QED) is 0.0242. The highest BCUT2D eigenvalue weighted by Crippen LogP contribution is 2.64. The smallest absolute Gasteiger partial charge is 0.408 e. The zero-order chi connectivity index (χ0) is 84.8. The molecular formula is C91H114N14O15. The molecule has 8 heterocycles. The van der Waals surface area contributed by atoms with Gasteiger partial charge in [-0.3, -0.25) is 33.8 Å². The van der Waals surface area contributed by atoms with Crippen molar-refractivity contribution in [2.75, 3.05) is 44.3 Å². The molecule has 7 aromatic heterocycles. The summed E-state index contributed by atoms with van der Waals surface area (Å²) in [5.41, 5.74) is 3.26. The van der Waals surface area contributed by atoms with E-state index in [0.29, 0.717) is 63.7 Å². The summed E-state index contributed by atoms with van der Waals surface area (Å²) in [6.45, 7) is 19.0. The van der Waals surface area contributed by atoms with Gasteiger partial charge in [-0.1, -0.05) is 36.4 Å². The number of hydrogen-bond acceptors (Lipinski definition) is 20. The van der Waals surface area contributed by atoms with E-state index < -0.39 is 53.1 Å². The maximum Gasteiger partial charge on any atom is 0.408 e. The standard InChI is InChI=1S/C41H50N6O7.C34H39N5O4.C9H12N2.C7H13NO4/c1-39(2,3)54-38(51)42-21-33(48)53-40(4,5)23-52-28-14-15-32-31(20-43-46(32)22-28)36(49)44-27-18-41(19-27)16-26(17-41)34-29-8-6-7-9-30(29)37(50)47(45-34)35(24-10-11-24)25-12-13-25;1-33(2,42)19-43-24-11-12-28-27(17-35-38(28)18-24)31(40)36-23-15-34(16-23)13-22(14-34)29-25-5-3-4-6-26(25)32(41)39(37-29)30(20-7-8-20)21-9-10-21;1-2-8-11(7-1)9-3-5-10-6-4-9;1-7(2,3)12-6(11)8-4-5(9)10/h6-9,14-15,20,22,24-27,35H,10-13,16-19,21,23H2,1-5H3,(H,42,51)(H,44,49);3-6,11-12,17-18,20-23,30,42H,7-10,13-16,19H2,1-2H3,(H,36,40);3-6H,1-2,7-8H2;4H2,1-3H3,(H,8,11)(H,9,10). The molecule has 0 bridgehead atoms. The van der Waals surface area contributed by atoms with Gasteiger partial charge in [-0.05, 0) is 268 Å². The van der Waals surface area contributed by atoms with Gasteiger partial charge in [-0.2, -0.15) is 20.4 Å². The molecule has 18 rings (SSSR count). The third-order valence-corrected chi connectivity index (χ3v) is 24.3. The Morgan fingerprint density at radius 3 is 1.30 bits per heavy atom. The number of amides is 4. The molecule has 2 aromatic carbocycles. The van der Waals surface area contributed by atoms with Crippen molar-refractivity contribution in [2.24, 2.45) is 34.5 Å².